The normalized spacial score (nSPS) is 20.1. The van der Waals surface area contributed by atoms with Crippen LogP contribution < -0.4 is 0 Å². The summed E-state index contributed by atoms with van der Waals surface area (Å²) >= 11 is 0. The van der Waals surface area contributed by atoms with Crippen molar-refractivity contribution in [2.45, 2.75) is 282 Å². The number of esters is 1. The second-order valence-electron chi connectivity index (χ2n) is 17.6. The molecule has 6 atom stereocenters. The lowest BCUT2D eigenvalue weighted by atomic mass is 9.99. The van der Waals surface area contributed by atoms with Gasteiger partial charge in [-0.3, -0.25) is 4.79 Å². The Kier molecular flexibility index (Phi) is 39.5. The van der Waals surface area contributed by atoms with Gasteiger partial charge in [-0.2, -0.15) is 0 Å². The van der Waals surface area contributed by atoms with Crippen molar-refractivity contribution in [2.24, 2.45) is 0 Å². The Hall–Kier alpha value is -0.810. The molecule has 9 heteroatoms. The second kappa shape index (κ2) is 41.5. The highest BCUT2D eigenvalue weighted by atomic mass is 16.7. The summed E-state index contributed by atoms with van der Waals surface area (Å²) in [5.74, 6) is -0.310. The molecule has 1 aliphatic heterocycles. The Morgan fingerprint density at radius 2 is 0.845 bits per heavy atom. The van der Waals surface area contributed by atoms with Crippen molar-refractivity contribution in [2.75, 3.05) is 26.4 Å². The molecular weight excluding hydrogens is 733 g/mol. The Labute approximate surface area is 357 Å². The van der Waals surface area contributed by atoms with Gasteiger partial charge in [0.15, 0.2) is 6.29 Å². The first-order valence-electron chi connectivity index (χ1n) is 25.1. The van der Waals surface area contributed by atoms with Crippen molar-refractivity contribution in [1.29, 1.82) is 0 Å². The highest BCUT2D eigenvalue weighted by molar-refractivity contribution is 5.69. The molecule has 1 rings (SSSR count). The molecule has 4 N–H and O–H groups in total. The van der Waals surface area contributed by atoms with Crippen molar-refractivity contribution in [1.82, 2.24) is 0 Å². The molecule has 58 heavy (non-hydrogen) atoms. The lowest BCUT2D eigenvalue weighted by Gasteiger charge is -2.39. The first kappa shape index (κ1) is 55.2. The highest BCUT2D eigenvalue weighted by Gasteiger charge is 2.44. The van der Waals surface area contributed by atoms with E-state index in [1.807, 2.05) is 0 Å². The fourth-order valence-corrected chi connectivity index (χ4v) is 8.08. The van der Waals surface area contributed by atoms with Gasteiger partial charge in [-0.15, -0.1) is 0 Å². The molecule has 346 valence electrons. The molecule has 0 saturated carbocycles. The third kappa shape index (κ3) is 32.0. The molecule has 6 unspecified atom stereocenters. The monoisotopic (exact) mass is 829 g/mol. The molecule has 1 aliphatic rings. The average Bonchev–Trinajstić information content (AvgIpc) is 3.22. The van der Waals surface area contributed by atoms with E-state index in [4.69, 9.17) is 18.9 Å². The minimum absolute atomic E-state index is 0.105. The summed E-state index contributed by atoms with van der Waals surface area (Å²) in [5, 5.41) is 40.1. The number of ether oxygens (including phenoxy) is 4. The molecule has 0 spiro atoms. The molecule has 1 fully saturated rings. The van der Waals surface area contributed by atoms with Gasteiger partial charge in [-0.05, 0) is 12.8 Å². The number of rotatable bonds is 44. The zero-order valence-corrected chi connectivity index (χ0v) is 38.1. The summed E-state index contributed by atoms with van der Waals surface area (Å²) in [4.78, 5) is 12.7. The van der Waals surface area contributed by atoms with E-state index in [9.17, 15) is 25.2 Å². The van der Waals surface area contributed by atoms with Gasteiger partial charge in [0.25, 0.3) is 0 Å². The zero-order valence-electron chi connectivity index (χ0n) is 38.1. The number of unbranched alkanes of at least 4 members (excludes halogenated alkanes) is 33. The molecule has 1 saturated heterocycles. The summed E-state index contributed by atoms with van der Waals surface area (Å²) in [6.45, 7) is 4.60. The summed E-state index contributed by atoms with van der Waals surface area (Å²) in [7, 11) is 0. The fraction of sp³-hybridized carbons (Fsp3) is 0.980. The maximum atomic E-state index is 12.7. The molecule has 0 radical (unpaired) electrons. The van der Waals surface area contributed by atoms with Gasteiger partial charge < -0.3 is 39.4 Å². The van der Waals surface area contributed by atoms with Crippen LogP contribution in [0.4, 0.5) is 0 Å². The Morgan fingerprint density at radius 3 is 1.22 bits per heavy atom. The summed E-state index contributed by atoms with van der Waals surface area (Å²) in [6, 6.07) is 0. The van der Waals surface area contributed by atoms with E-state index in [1.165, 1.54) is 193 Å². The van der Waals surface area contributed by atoms with Gasteiger partial charge in [0.2, 0.25) is 0 Å². The second-order valence-corrected chi connectivity index (χ2v) is 17.6. The van der Waals surface area contributed by atoms with Crippen LogP contribution in [-0.4, -0.2) is 89.6 Å². The first-order chi connectivity index (χ1) is 28.4. The van der Waals surface area contributed by atoms with Crippen LogP contribution in [0.2, 0.25) is 0 Å². The predicted octanol–water partition coefficient (Wildman–Crippen LogP) is 11.8. The van der Waals surface area contributed by atoms with Crippen molar-refractivity contribution in [3.05, 3.63) is 0 Å². The Bertz CT molecular complexity index is 858. The molecule has 0 aliphatic carbocycles. The SMILES string of the molecule is CCCCCCCCCCCCCCCCCCCCCCCCCCCOCC(COC1OC(CO)C(O)C(O)C1O)OC(=O)CCCCCCCCCCCC. The van der Waals surface area contributed by atoms with Crippen LogP contribution in [0.3, 0.4) is 0 Å². The lowest BCUT2D eigenvalue weighted by molar-refractivity contribution is -0.305. The van der Waals surface area contributed by atoms with Gasteiger partial charge in [0.1, 0.15) is 30.5 Å². The van der Waals surface area contributed by atoms with Gasteiger partial charge in [0, 0.05) is 13.0 Å². The van der Waals surface area contributed by atoms with Gasteiger partial charge in [-0.25, -0.2) is 0 Å². The molecule has 9 nitrogen and oxygen atoms in total. The van der Waals surface area contributed by atoms with Gasteiger partial charge in [0.05, 0.1) is 19.8 Å². The summed E-state index contributed by atoms with van der Waals surface area (Å²) in [5.41, 5.74) is 0. The predicted molar refractivity (Wildman–Crippen MR) is 238 cm³/mol. The minimum Gasteiger partial charge on any atom is -0.457 e. The molecule has 0 amide bonds. The first-order valence-corrected chi connectivity index (χ1v) is 25.1. The summed E-state index contributed by atoms with van der Waals surface area (Å²) in [6.07, 6.45) is 38.7. The van der Waals surface area contributed by atoms with Crippen LogP contribution in [0, 0.1) is 0 Å². The lowest BCUT2D eigenvalue weighted by Crippen LogP contribution is -2.59. The fourth-order valence-electron chi connectivity index (χ4n) is 8.08. The third-order valence-corrected chi connectivity index (χ3v) is 12.0. The largest absolute Gasteiger partial charge is 0.457 e. The van der Waals surface area contributed by atoms with Crippen LogP contribution in [0.25, 0.3) is 0 Å². The van der Waals surface area contributed by atoms with E-state index in [1.54, 1.807) is 0 Å². The van der Waals surface area contributed by atoms with Crippen LogP contribution in [0.5, 0.6) is 0 Å². The maximum Gasteiger partial charge on any atom is 0.306 e. The van der Waals surface area contributed by atoms with Crippen molar-refractivity contribution in [3.63, 3.8) is 0 Å². The number of aliphatic hydroxyl groups is 4. The van der Waals surface area contributed by atoms with Crippen LogP contribution in [0.1, 0.15) is 245 Å². The maximum absolute atomic E-state index is 12.7. The van der Waals surface area contributed by atoms with Crippen LogP contribution >= 0.6 is 0 Å². The molecule has 1 heterocycles. The van der Waals surface area contributed by atoms with E-state index >= 15 is 0 Å². The van der Waals surface area contributed by atoms with E-state index in [2.05, 4.69) is 13.8 Å². The van der Waals surface area contributed by atoms with E-state index in [-0.39, 0.29) is 19.2 Å². The Balaban J connectivity index is 2.10. The zero-order chi connectivity index (χ0) is 42.2. The quantitative estimate of drug-likeness (QED) is 0.0350. The number of aliphatic hydroxyl groups excluding tert-OH is 4. The third-order valence-electron chi connectivity index (χ3n) is 12.0. The van der Waals surface area contributed by atoms with Crippen molar-refractivity contribution in [3.8, 4) is 0 Å². The Morgan fingerprint density at radius 1 is 0.483 bits per heavy atom. The van der Waals surface area contributed by atoms with E-state index < -0.39 is 43.4 Å². The minimum atomic E-state index is -1.53. The standard InChI is InChI=1S/C49H96O9/c1-3-5-7-9-11-13-15-16-17-18-19-20-21-22-23-24-25-26-27-28-29-31-33-35-37-39-55-41-43(42-56-49-48(54)47(53)46(52)44(40-50)58-49)57-45(51)38-36-34-32-30-14-12-10-8-6-4-2/h43-44,46-50,52-54H,3-42H2,1-2H3. The van der Waals surface area contributed by atoms with Crippen LogP contribution in [-0.2, 0) is 23.7 Å². The molecule has 0 aromatic carbocycles. The number of hydrogen-bond acceptors (Lipinski definition) is 9. The number of carbonyl (C=O) groups excluding carboxylic acids is 1. The molecule has 0 aromatic heterocycles. The smallest absolute Gasteiger partial charge is 0.306 e. The molecule has 0 bridgehead atoms. The van der Waals surface area contributed by atoms with Crippen molar-refractivity contribution < 1.29 is 44.2 Å². The number of carbonyl (C=O) groups is 1. The van der Waals surface area contributed by atoms with Gasteiger partial charge >= 0.3 is 5.97 Å². The van der Waals surface area contributed by atoms with Gasteiger partial charge in [-0.1, -0.05) is 226 Å². The van der Waals surface area contributed by atoms with Crippen LogP contribution in [0.15, 0.2) is 0 Å². The summed E-state index contributed by atoms with van der Waals surface area (Å²) < 4.78 is 22.8. The molecular formula is C49H96O9. The highest BCUT2D eigenvalue weighted by Crippen LogP contribution is 2.23. The number of hydrogen-bond donors (Lipinski definition) is 4. The topological polar surface area (TPSA) is 135 Å². The van der Waals surface area contributed by atoms with E-state index in [0.29, 0.717) is 13.0 Å². The van der Waals surface area contributed by atoms with E-state index in [0.717, 1.165) is 32.1 Å². The molecule has 0 aromatic rings. The van der Waals surface area contributed by atoms with Crippen molar-refractivity contribution >= 4 is 5.97 Å². The average molecular weight is 829 g/mol.